The van der Waals surface area contributed by atoms with E-state index < -0.39 is 12.0 Å². The third-order valence-corrected chi connectivity index (χ3v) is 6.74. The summed E-state index contributed by atoms with van der Waals surface area (Å²) in [6.45, 7) is 1.81. The zero-order chi connectivity index (χ0) is 18.4. The second-order valence-corrected chi connectivity index (χ2v) is 8.25. The summed E-state index contributed by atoms with van der Waals surface area (Å²) in [7, 11) is 1.83. The van der Waals surface area contributed by atoms with Crippen LogP contribution in [0.2, 0.25) is 0 Å². The summed E-state index contributed by atoms with van der Waals surface area (Å²) in [5, 5.41) is 14.6. The third kappa shape index (κ3) is 2.82. The molecular formula is C18H22N4O3S. The lowest BCUT2D eigenvalue weighted by Crippen LogP contribution is -2.46. The molecule has 26 heavy (non-hydrogen) atoms. The highest BCUT2D eigenvalue weighted by atomic mass is 32.1. The molecule has 1 saturated heterocycles. The molecule has 138 valence electrons. The number of nitrogens with zero attached hydrogens (tertiary/aromatic N) is 4. The number of aliphatic carboxylic acids is 1. The Bertz CT molecular complexity index is 858. The third-order valence-electron chi connectivity index (χ3n) is 5.55. The van der Waals surface area contributed by atoms with Gasteiger partial charge in [0.2, 0.25) is 0 Å². The first kappa shape index (κ1) is 17.2. The summed E-state index contributed by atoms with van der Waals surface area (Å²) in [5.74, 6) is -0.779. The molecule has 2 fully saturated rings. The average molecular weight is 374 g/mol. The minimum Gasteiger partial charge on any atom is -0.480 e. The molecule has 8 heteroatoms. The highest BCUT2D eigenvalue weighted by Crippen LogP contribution is 2.41. The Morgan fingerprint density at radius 1 is 1.31 bits per heavy atom. The van der Waals surface area contributed by atoms with Gasteiger partial charge in [0.25, 0.3) is 5.91 Å². The van der Waals surface area contributed by atoms with Crippen LogP contribution in [0.15, 0.2) is 12.4 Å². The van der Waals surface area contributed by atoms with Gasteiger partial charge >= 0.3 is 5.97 Å². The molecular weight excluding hydrogens is 352 g/mol. The van der Waals surface area contributed by atoms with Crippen LogP contribution in [-0.4, -0.2) is 48.7 Å². The van der Waals surface area contributed by atoms with Crippen molar-refractivity contribution in [2.75, 3.05) is 0 Å². The van der Waals surface area contributed by atoms with Gasteiger partial charge in [0, 0.05) is 24.8 Å². The van der Waals surface area contributed by atoms with Crippen LogP contribution < -0.4 is 0 Å². The van der Waals surface area contributed by atoms with E-state index >= 15 is 0 Å². The van der Waals surface area contributed by atoms with Crippen molar-refractivity contribution in [2.24, 2.45) is 13.0 Å². The molecule has 0 unspecified atom stereocenters. The van der Waals surface area contributed by atoms with Gasteiger partial charge in [0.15, 0.2) is 0 Å². The monoisotopic (exact) mass is 374 g/mol. The van der Waals surface area contributed by atoms with Gasteiger partial charge in [-0.1, -0.05) is 12.8 Å². The molecule has 1 saturated carbocycles. The fourth-order valence-electron chi connectivity index (χ4n) is 4.34. The number of carboxylic acids is 1. The number of aryl methyl sites for hydroxylation is 2. The number of fused-ring (bicyclic) bond motifs is 1. The summed E-state index contributed by atoms with van der Waals surface area (Å²) in [5.41, 5.74) is 1.52. The van der Waals surface area contributed by atoms with E-state index in [9.17, 15) is 14.7 Å². The molecule has 1 amide bonds. The number of carbonyl (C=O) groups is 2. The van der Waals surface area contributed by atoms with Crippen molar-refractivity contribution in [1.82, 2.24) is 19.7 Å². The fourth-order valence-corrected chi connectivity index (χ4v) is 5.33. The van der Waals surface area contributed by atoms with Crippen LogP contribution in [0.1, 0.15) is 47.5 Å². The highest BCUT2D eigenvalue weighted by molar-refractivity contribution is 7.17. The van der Waals surface area contributed by atoms with Gasteiger partial charge in [0.1, 0.15) is 15.9 Å². The second kappa shape index (κ2) is 6.50. The zero-order valence-corrected chi connectivity index (χ0v) is 15.7. The van der Waals surface area contributed by atoms with E-state index in [1.54, 1.807) is 15.8 Å². The van der Waals surface area contributed by atoms with Crippen LogP contribution >= 0.6 is 11.3 Å². The Hall–Kier alpha value is -2.22. The van der Waals surface area contributed by atoms with Crippen LogP contribution in [0.5, 0.6) is 0 Å². The Morgan fingerprint density at radius 3 is 2.77 bits per heavy atom. The maximum Gasteiger partial charge on any atom is 0.326 e. The lowest BCUT2D eigenvalue weighted by Gasteiger charge is -2.32. The summed E-state index contributed by atoms with van der Waals surface area (Å²) < 4.78 is 1.70. The number of hydrogen-bond donors (Lipinski definition) is 1. The van der Waals surface area contributed by atoms with Crippen molar-refractivity contribution in [3.63, 3.8) is 0 Å². The fraction of sp³-hybridized carbons (Fsp3) is 0.556. The number of amides is 1. The number of rotatable bonds is 3. The predicted octanol–water partition coefficient (Wildman–Crippen LogP) is 2.71. The van der Waals surface area contributed by atoms with E-state index in [0.717, 1.165) is 36.3 Å². The molecule has 4 rings (SSSR count). The largest absolute Gasteiger partial charge is 0.480 e. The lowest BCUT2D eigenvalue weighted by molar-refractivity contribution is -0.141. The van der Waals surface area contributed by atoms with E-state index in [1.165, 1.54) is 11.3 Å². The Morgan fingerprint density at radius 2 is 2.08 bits per heavy atom. The number of thiazole rings is 1. The maximum atomic E-state index is 13.3. The van der Waals surface area contributed by atoms with Crippen molar-refractivity contribution in [3.05, 3.63) is 23.0 Å². The molecule has 0 spiro atoms. The zero-order valence-electron chi connectivity index (χ0n) is 14.9. The number of carboxylic acid groups (broad SMARTS) is 1. The minimum atomic E-state index is -0.901. The standard InChI is InChI=1S/C18H22N4O3S/c1-10-15(26-16(20-10)12-8-19-21(2)9-12)17(23)22-13-6-4-3-5-11(13)7-14(22)18(24)25/h8-9,11,13-14H,3-7H2,1-2H3,(H,24,25)/t11-,13-,14+/m1/s1. The van der Waals surface area contributed by atoms with Gasteiger partial charge in [-0.25, -0.2) is 9.78 Å². The van der Waals surface area contributed by atoms with Gasteiger partial charge in [0.05, 0.1) is 11.9 Å². The smallest absolute Gasteiger partial charge is 0.326 e. The van der Waals surface area contributed by atoms with Gasteiger partial charge in [-0.15, -0.1) is 11.3 Å². The van der Waals surface area contributed by atoms with E-state index in [-0.39, 0.29) is 11.9 Å². The van der Waals surface area contributed by atoms with Crippen molar-refractivity contribution < 1.29 is 14.7 Å². The molecule has 2 aromatic rings. The molecule has 7 nitrogen and oxygen atoms in total. The first-order valence-electron chi connectivity index (χ1n) is 8.97. The van der Waals surface area contributed by atoms with Crippen LogP contribution in [0, 0.1) is 12.8 Å². The normalized spacial score (nSPS) is 25.3. The number of hydrogen-bond acceptors (Lipinski definition) is 5. The highest BCUT2D eigenvalue weighted by Gasteiger charge is 2.48. The quantitative estimate of drug-likeness (QED) is 0.892. The molecule has 3 heterocycles. The van der Waals surface area contributed by atoms with E-state index in [1.807, 2.05) is 20.2 Å². The molecule has 2 aliphatic rings. The first-order valence-corrected chi connectivity index (χ1v) is 9.79. The van der Waals surface area contributed by atoms with Crippen molar-refractivity contribution in [2.45, 2.75) is 51.1 Å². The Kier molecular flexibility index (Phi) is 4.30. The van der Waals surface area contributed by atoms with Gasteiger partial charge in [-0.2, -0.15) is 5.10 Å². The molecule has 1 aliphatic heterocycles. The summed E-state index contributed by atoms with van der Waals surface area (Å²) >= 11 is 1.33. The van der Waals surface area contributed by atoms with Crippen LogP contribution in [-0.2, 0) is 11.8 Å². The van der Waals surface area contributed by atoms with Crippen molar-refractivity contribution in [1.29, 1.82) is 0 Å². The topological polar surface area (TPSA) is 88.3 Å². The van der Waals surface area contributed by atoms with E-state index in [2.05, 4.69) is 10.1 Å². The predicted molar refractivity (Wildman–Crippen MR) is 97.0 cm³/mol. The van der Waals surface area contributed by atoms with E-state index in [0.29, 0.717) is 22.9 Å². The summed E-state index contributed by atoms with van der Waals surface area (Å²) in [6.07, 6.45) is 8.24. The summed E-state index contributed by atoms with van der Waals surface area (Å²) in [4.78, 5) is 31.8. The maximum absolute atomic E-state index is 13.3. The Labute approximate surface area is 155 Å². The van der Waals surface area contributed by atoms with Crippen LogP contribution in [0.25, 0.3) is 10.6 Å². The average Bonchev–Trinajstić information content (AvgIpc) is 3.30. The lowest BCUT2D eigenvalue weighted by atomic mass is 9.85. The van der Waals surface area contributed by atoms with Gasteiger partial charge in [-0.05, 0) is 32.1 Å². The Balaban J connectivity index is 1.67. The molecule has 0 bridgehead atoms. The first-order chi connectivity index (χ1) is 12.5. The molecule has 0 aromatic carbocycles. The molecule has 1 N–H and O–H groups in total. The second-order valence-electron chi connectivity index (χ2n) is 7.25. The van der Waals surface area contributed by atoms with Crippen LogP contribution in [0.3, 0.4) is 0 Å². The molecule has 0 radical (unpaired) electrons. The van der Waals surface area contributed by atoms with Gasteiger partial charge in [-0.3, -0.25) is 9.48 Å². The van der Waals surface area contributed by atoms with Crippen molar-refractivity contribution in [3.8, 4) is 10.6 Å². The number of aromatic nitrogens is 3. The molecule has 2 aromatic heterocycles. The van der Waals surface area contributed by atoms with Gasteiger partial charge < -0.3 is 10.0 Å². The molecule has 1 aliphatic carbocycles. The van der Waals surface area contributed by atoms with E-state index in [4.69, 9.17) is 0 Å². The van der Waals surface area contributed by atoms with Crippen molar-refractivity contribution >= 4 is 23.2 Å². The number of likely N-dealkylation sites (tertiary alicyclic amines) is 1. The minimum absolute atomic E-state index is 0.0423. The SMILES string of the molecule is Cc1nc(-c2cnn(C)c2)sc1C(=O)N1[C@@H]2CCCC[C@@H]2C[C@H]1C(=O)O. The number of carbonyl (C=O) groups excluding carboxylic acids is 1. The van der Waals surface area contributed by atoms with Crippen LogP contribution in [0.4, 0.5) is 0 Å². The summed E-state index contributed by atoms with van der Waals surface area (Å²) in [6, 6.07) is -0.681. The molecule has 3 atom stereocenters.